The van der Waals surface area contributed by atoms with E-state index < -0.39 is 0 Å². The minimum Gasteiger partial charge on any atom is -0.310 e. The number of rotatable bonds is 10. The van der Waals surface area contributed by atoms with Gasteiger partial charge in [0.25, 0.3) is 0 Å². The maximum atomic E-state index is 3.63. The molecule has 0 aromatic heterocycles. The third-order valence-electron chi connectivity index (χ3n) is 4.11. The SMILES string of the molecule is CCNC(CSCCN(CC)CC)c1ccc(C)c(C)c1. The highest BCUT2D eigenvalue weighted by Gasteiger charge is 2.11. The topological polar surface area (TPSA) is 15.3 Å². The molecule has 120 valence electrons. The van der Waals surface area contributed by atoms with Gasteiger partial charge in [-0.2, -0.15) is 11.8 Å². The number of aryl methyl sites for hydroxylation is 2. The second-order valence-electron chi connectivity index (χ2n) is 5.56. The lowest BCUT2D eigenvalue weighted by molar-refractivity contribution is 0.324. The highest BCUT2D eigenvalue weighted by Crippen LogP contribution is 2.21. The molecular weight excluding hydrogens is 276 g/mol. The molecule has 1 aromatic rings. The van der Waals surface area contributed by atoms with Gasteiger partial charge >= 0.3 is 0 Å². The first kappa shape index (κ1) is 18.5. The van der Waals surface area contributed by atoms with Crippen molar-refractivity contribution >= 4 is 11.8 Å². The van der Waals surface area contributed by atoms with Crippen LogP contribution in [0.1, 0.15) is 43.5 Å². The Hall–Kier alpha value is -0.510. The van der Waals surface area contributed by atoms with E-state index in [2.05, 4.69) is 74.8 Å². The smallest absolute Gasteiger partial charge is 0.0411 e. The molecule has 1 unspecified atom stereocenters. The van der Waals surface area contributed by atoms with Crippen molar-refractivity contribution in [3.05, 3.63) is 34.9 Å². The first-order valence-corrected chi connectivity index (χ1v) is 9.38. The van der Waals surface area contributed by atoms with Crippen LogP contribution in [0.15, 0.2) is 18.2 Å². The molecule has 21 heavy (non-hydrogen) atoms. The van der Waals surface area contributed by atoms with Gasteiger partial charge in [0, 0.05) is 24.1 Å². The normalized spacial score (nSPS) is 12.9. The van der Waals surface area contributed by atoms with E-state index in [1.807, 2.05) is 0 Å². The fourth-order valence-electron chi connectivity index (χ4n) is 2.44. The average molecular weight is 309 g/mol. The molecule has 1 rings (SSSR count). The van der Waals surface area contributed by atoms with Crippen molar-refractivity contribution in [2.75, 3.05) is 37.7 Å². The highest BCUT2D eigenvalue weighted by molar-refractivity contribution is 7.99. The molecule has 0 bridgehead atoms. The molecule has 0 aliphatic carbocycles. The van der Waals surface area contributed by atoms with Crippen LogP contribution in [0.4, 0.5) is 0 Å². The lowest BCUT2D eigenvalue weighted by Gasteiger charge is -2.21. The summed E-state index contributed by atoms with van der Waals surface area (Å²) in [5.74, 6) is 2.37. The van der Waals surface area contributed by atoms with Gasteiger partial charge in [-0.05, 0) is 50.2 Å². The van der Waals surface area contributed by atoms with Crippen LogP contribution in [0, 0.1) is 13.8 Å². The monoisotopic (exact) mass is 308 g/mol. The van der Waals surface area contributed by atoms with Crippen molar-refractivity contribution in [2.45, 2.75) is 40.7 Å². The molecule has 3 heteroatoms. The zero-order valence-electron chi connectivity index (χ0n) is 14.4. The fraction of sp³-hybridized carbons (Fsp3) is 0.667. The number of benzene rings is 1. The molecule has 0 aliphatic rings. The molecule has 2 nitrogen and oxygen atoms in total. The van der Waals surface area contributed by atoms with Crippen molar-refractivity contribution < 1.29 is 0 Å². The Bertz CT molecular complexity index is 402. The largest absolute Gasteiger partial charge is 0.310 e. The van der Waals surface area contributed by atoms with Gasteiger partial charge in [-0.15, -0.1) is 0 Å². The predicted molar refractivity (Wildman–Crippen MR) is 97.4 cm³/mol. The van der Waals surface area contributed by atoms with Crippen LogP contribution in [0.25, 0.3) is 0 Å². The van der Waals surface area contributed by atoms with E-state index in [-0.39, 0.29) is 0 Å². The van der Waals surface area contributed by atoms with Crippen molar-refractivity contribution in [1.82, 2.24) is 10.2 Å². The predicted octanol–water partition coefficient (Wildman–Crippen LogP) is 4.03. The van der Waals surface area contributed by atoms with Gasteiger partial charge in [0.05, 0.1) is 0 Å². The summed E-state index contributed by atoms with van der Waals surface area (Å²) in [5, 5.41) is 3.63. The molecule has 0 heterocycles. The van der Waals surface area contributed by atoms with Crippen molar-refractivity contribution in [3.63, 3.8) is 0 Å². The summed E-state index contributed by atoms with van der Waals surface area (Å²) in [6.07, 6.45) is 0. The van der Waals surface area contributed by atoms with E-state index in [0.29, 0.717) is 6.04 Å². The van der Waals surface area contributed by atoms with E-state index in [9.17, 15) is 0 Å². The van der Waals surface area contributed by atoms with E-state index >= 15 is 0 Å². The molecule has 0 saturated carbocycles. The third-order valence-corrected chi connectivity index (χ3v) is 5.15. The van der Waals surface area contributed by atoms with E-state index in [1.54, 1.807) is 0 Å². The molecule has 0 radical (unpaired) electrons. The highest BCUT2D eigenvalue weighted by atomic mass is 32.2. The summed E-state index contributed by atoms with van der Waals surface area (Å²) in [4.78, 5) is 2.49. The molecule has 0 aliphatic heterocycles. The number of nitrogens with one attached hydrogen (secondary N) is 1. The van der Waals surface area contributed by atoms with Crippen molar-refractivity contribution in [2.24, 2.45) is 0 Å². The summed E-state index contributed by atoms with van der Waals surface area (Å²) in [5.41, 5.74) is 4.20. The van der Waals surface area contributed by atoms with Crippen LogP contribution in [-0.4, -0.2) is 42.6 Å². The molecule has 0 amide bonds. The lowest BCUT2D eigenvalue weighted by Crippen LogP contribution is -2.27. The Morgan fingerprint density at radius 1 is 1.10 bits per heavy atom. The number of nitrogens with zero attached hydrogens (tertiary/aromatic N) is 1. The quantitative estimate of drug-likeness (QED) is 0.657. The Labute approximate surface area is 135 Å². The van der Waals surface area contributed by atoms with E-state index in [1.165, 1.54) is 29.0 Å². The minimum atomic E-state index is 0.469. The molecule has 1 N–H and O–H groups in total. The van der Waals surface area contributed by atoms with Crippen LogP contribution < -0.4 is 5.32 Å². The molecule has 0 spiro atoms. The van der Waals surface area contributed by atoms with E-state index in [4.69, 9.17) is 0 Å². The molecule has 0 fully saturated rings. The first-order valence-electron chi connectivity index (χ1n) is 8.22. The molecule has 1 atom stereocenters. The Kier molecular flexibility index (Phi) is 9.05. The van der Waals surface area contributed by atoms with Gasteiger partial charge < -0.3 is 10.2 Å². The average Bonchev–Trinajstić information content (AvgIpc) is 2.49. The maximum Gasteiger partial charge on any atom is 0.0411 e. The Morgan fingerprint density at radius 2 is 1.81 bits per heavy atom. The molecule has 1 aromatic carbocycles. The van der Waals surface area contributed by atoms with Gasteiger partial charge in [-0.3, -0.25) is 0 Å². The first-order chi connectivity index (χ1) is 10.1. The second kappa shape index (κ2) is 10.3. The van der Waals surface area contributed by atoms with Gasteiger partial charge in [-0.25, -0.2) is 0 Å². The van der Waals surface area contributed by atoms with Gasteiger partial charge in [0.2, 0.25) is 0 Å². The molecular formula is C18H32N2S. The minimum absolute atomic E-state index is 0.469. The number of hydrogen-bond acceptors (Lipinski definition) is 3. The molecule has 0 saturated heterocycles. The zero-order chi connectivity index (χ0) is 15.7. The van der Waals surface area contributed by atoms with Gasteiger partial charge in [0.1, 0.15) is 0 Å². The summed E-state index contributed by atoms with van der Waals surface area (Å²) >= 11 is 2.06. The van der Waals surface area contributed by atoms with Crippen molar-refractivity contribution in [1.29, 1.82) is 0 Å². The maximum absolute atomic E-state index is 3.63. The summed E-state index contributed by atoms with van der Waals surface area (Å²) in [7, 11) is 0. The van der Waals surface area contributed by atoms with Crippen LogP contribution in [0.2, 0.25) is 0 Å². The van der Waals surface area contributed by atoms with Gasteiger partial charge in [-0.1, -0.05) is 39.0 Å². The third kappa shape index (κ3) is 6.41. The zero-order valence-corrected chi connectivity index (χ0v) is 15.2. The summed E-state index contributed by atoms with van der Waals surface area (Å²) < 4.78 is 0. The number of hydrogen-bond donors (Lipinski definition) is 1. The van der Waals surface area contributed by atoms with Crippen LogP contribution in [0.3, 0.4) is 0 Å². The second-order valence-corrected chi connectivity index (χ2v) is 6.71. The van der Waals surface area contributed by atoms with Crippen molar-refractivity contribution in [3.8, 4) is 0 Å². The Balaban J connectivity index is 2.51. The van der Waals surface area contributed by atoms with Crippen LogP contribution >= 0.6 is 11.8 Å². The fourth-order valence-corrected chi connectivity index (χ4v) is 3.54. The lowest BCUT2D eigenvalue weighted by atomic mass is 10.0. The Morgan fingerprint density at radius 3 is 2.38 bits per heavy atom. The van der Waals surface area contributed by atoms with Gasteiger partial charge in [0.15, 0.2) is 0 Å². The number of thioether (sulfide) groups is 1. The standard InChI is InChI=1S/C18H32N2S/c1-6-19-18(14-21-12-11-20(7-2)8-3)17-10-9-15(4)16(5)13-17/h9-10,13,18-19H,6-8,11-12,14H2,1-5H3. The summed E-state index contributed by atoms with van der Waals surface area (Å²) in [6, 6.07) is 7.33. The summed E-state index contributed by atoms with van der Waals surface area (Å²) in [6.45, 7) is 15.6. The van der Waals surface area contributed by atoms with Crippen LogP contribution in [0.5, 0.6) is 0 Å². The van der Waals surface area contributed by atoms with Crippen LogP contribution in [-0.2, 0) is 0 Å². The van der Waals surface area contributed by atoms with E-state index in [0.717, 1.165) is 25.4 Å².